The van der Waals surface area contributed by atoms with E-state index in [1.165, 1.54) is 99.1 Å². The molecule has 660 valence electrons. The van der Waals surface area contributed by atoms with Gasteiger partial charge in [0, 0.05) is 72.6 Å². The first-order valence-corrected chi connectivity index (χ1v) is 42.4. The highest BCUT2D eigenvalue weighted by Gasteiger charge is 1.99. The van der Waals surface area contributed by atoms with Crippen LogP contribution in [0.1, 0.15) is 302 Å². The molecule has 0 saturated heterocycles. The van der Waals surface area contributed by atoms with E-state index < -0.39 is 0 Å². The van der Waals surface area contributed by atoms with E-state index in [-0.39, 0.29) is 0 Å². The maximum atomic E-state index is 3.83. The average Bonchev–Trinajstić information content (AvgIpc) is 0.831. The Bertz CT molecular complexity index is 3720. The van der Waals surface area contributed by atoms with Crippen molar-refractivity contribution in [1.82, 2.24) is 0 Å². The Morgan fingerprint density at radius 3 is 0.517 bits per heavy atom. The predicted octanol–water partition coefficient (Wildman–Crippen LogP) is 34.6. The Labute approximate surface area is 729 Å². The molecule has 9 aromatic carbocycles. The molecule has 0 aliphatic rings. The van der Waals surface area contributed by atoms with Crippen molar-refractivity contribution in [3.05, 3.63) is 249 Å². The van der Waals surface area contributed by atoms with E-state index in [1.54, 1.807) is 0 Å². The highest BCUT2D eigenvalue weighted by atomic mass is 15.2. The van der Waals surface area contributed by atoms with Crippen molar-refractivity contribution in [3.63, 3.8) is 0 Å². The van der Waals surface area contributed by atoms with Gasteiger partial charge in [-0.15, -0.1) is 0 Å². The van der Waals surface area contributed by atoms with Gasteiger partial charge in [0.2, 0.25) is 0 Å². The highest BCUT2D eigenvalue weighted by molar-refractivity contribution is 5.90. The van der Waals surface area contributed by atoms with E-state index in [1.807, 2.05) is 235 Å². The van der Waals surface area contributed by atoms with Crippen LogP contribution in [-0.4, -0.2) is 72.6 Å². The molecule has 0 aliphatic carbocycles. The third kappa shape index (κ3) is 91.3. The SMILES string of the molecule is C=NN=C(C)C.C=NN=C(C)C.C=NN=C(C)C.C=NN=C(C)C.CC.CC.CC.CC.CC.CC.CC.CC.CC.CC(C)=NN=C(C)C.CC(C)=NN=C(C)C.Cc1ccc(C)c2ccccc12.Cc1ccc(C)cc1.Cc1ccc2cc(C)ccc2c1.Cc1cccc(C)c1.Cc1cccc2c(C)cccc12.Cc1ccccc1C. The van der Waals surface area contributed by atoms with Gasteiger partial charge in [-0.3, -0.25) is 0 Å². The van der Waals surface area contributed by atoms with Gasteiger partial charge < -0.3 is 0 Å². The van der Waals surface area contributed by atoms with Crippen LogP contribution in [0.15, 0.2) is 243 Å². The molecule has 118 heavy (non-hydrogen) atoms. The molecule has 0 bridgehead atoms. The van der Waals surface area contributed by atoms with Crippen LogP contribution in [-0.2, 0) is 0 Å². The Morgan fingerprint density at radius 1 is 0.169 bits per heavy atom. The van der Waals surface area contributed by atoms with Crippen molar-refractivity contribution in [2.75, 3.05) is 0 Å². The minimum absolute atomic E-state index is 0.935. The summed E-state index contributed by atoms with van der Waals surface area (Å²) >= 11 is 0. The quantitative estimate of drug-likeness (QED) is 0.115. The van der Waals surface area contributed by atoms with Crippen LogP contribution < -0.4 is 0 Å². The number of nitrogens with zero attached hydrogens (tertiary/aromatic N) is 12. The van der Waals surface area contributed by atoms with E-state index in [0.29, 0.717) is 0 Å². The summed E-state index contributed by atoms with van der Waals surface area (Å²) in [6.07, 6.45) is 0. The van der Waals surface area contributed by atoms with E-state index in [0.717, 1.165) is 45.7 Å². The standard InChI is InChI=1S/3C12H12.3C8H10.2C6H12N2.4C4H8N2.9C2H6/c1-9-3-5-12-8-10(2)4-6-11(12)7-9;1-9-5-3-8-12-10(2)6-4-7-11(9)12;1-9-7-8-10(2)12-6-4-3-5-11(9)12;1-7-3-5-8(2)6-4-7;1-7-4-3-5-8(2)6-7;1-7-5-3-4-6-8(7)2;2*1-5(2)7-8-6(3)4;4*1-4(2)6-5-3;9*1-2/h3*3-8H,1-2H3;3*3-6H,1-2H3;2*1-4H3;4*3H2,1-2H3;9*1-2H3. The van der Waals surface area contributed by atoms with Gasteiger partial charge in [0.05, 0.1) is 0 Å². The average molecular weight is 1620 g/mol. The molecule has 0 aromatic heterocycles. The normalized spacial score (nSPS) is 8.05. The van der Waals surface area contributed by atoms with Gasteiger partial charge in [0.15, 0.2) is 0 Å². The summed E-state index contributed by atoms with van der Waals surface area (Å²) in [6.45, 7) is 105. The topological polar surface area (TPSA) is 148 Å². The summed E-state index contributed by atoms with van der Waals surface area (Å²) in [7, 11) is 0. The fourth-order valence-corrected chi connectivity index (χ4v) is 7.78. The van der Waals surface area contributed by atoms with Gasteiger partial charge in [0.1, 0.15) is 0 Å². The second-order valence-electron chi connectivity index (χ2n) is 25.2. The van der Waals surface area contributed by atoms with Gasteiger partial charge in [-0.2, -0.15) is 61.2 Å². The fourth-order valence-electron chi connectivity index (χ4n) is 7.78. The molecule has 0 fully saturated rings. The molecule has 0 atom stereocenters. The minimum atomic E-state index is 0.935. The molecule has 0 unspecified atom stereocenters. The molecule has 12 nitrogen and oxygen atoms in total. The molecule has 0 spiro atoms. The number of aryl methyl sites for hydroxylation is 12. The number of fused-ring (bicyclic) bond motifs is 3. The van der Waals surface area contributed by atoms with E-state index in [9.17, 15) is 0 Å². The van der Waals surface area contributed by atoms with Crippen LogP contribution >= 0.6 is 0 Å². The smallest absolute Gasteiger partial charge is 0.0344 e. The maximum Gasteiger partial charge on any atom is 0.0344 e. The van der Waals surface area contributed by atoms with Crippen LogP contribution in [0.3, 0.4) is 0 Å². The van der Waals surface area contributed by atoms with E-state index >= 15 is 0 Å². The third-order valence-electron chi connectivity index (χ3n) is 12.7. The Morgan fingerprint density at radius 2 is 0.339 bits per heavy atom. The summed E-state index contributed by atoms with van der Waals surface area (Å²) in [4.78, 5) is 0. The van der Waals surface area contributed by atoms with Crippen LogP contribution in [0, 0.1) is 83.1 Å². The highest BCUT2D eigenvalue weighted by Crippen LogP contribution is 2.22. The molecular formula is C106H176N12. The van der Waals surface area contributed by atoms with Crippen molar-refractivity contribution in [3.8, 4) is 0 Å². The van der Waals surface area contributed by atoms with Crippen molar-refractivity contribution >= 4 is 105 Å². The first-order chi connectivity index (χ1) is 56.0. The van der Waals surface area contributed by atoms with Crippen molar-refractivity contribution in [2.24, 2.45) is 61.2 Å². The van der Waals surface area contributed by atoms with E-state index in [4.69, 9.17) is 0 Å². The lowest BCUT2D eigenvalue weighted by atomic mass is 10.0. The zero-order chi connectivity index (χ0) is 94.7. The lowest BCUT2D eigenvalue weighted by Gasteiger charge is -2.03. The molecular weight excluding hydrogens is 1440 g/mol. The molecule has 0 radical (unpaired) electrons. The summed E-state index contributed by atoms with van der Waals surface area (Å²) in [5.41, 5.74) is 23.9. The van der Waals surface area contributed by atoms with Crippen LogP contribution in [0.25, 0.3) is 32.3 Å². The van der Waals surface area contributed by atoms with E-state index in [2.05, 4.69) is 353 Å². The molecule has 0 heterocycles. The predicted molar refractivity (Wildman–Crippen MR) is 559 cm³/mol. The Kier molecular flexibility index (Phi) is 113. The zero-order valence-electron chi connectivity index (χ0n) is 84.5. The lowest BCUT2D eigenvalue weighted by molar-refractivity contribution is 1.21. The molecule has 0 saturated carbocycles. The Hall–Kier alpha value is -10.2. The van der Waals surface area contributed by atoms with Crippen molar-refractivity contribution in [2.45, 2.75) is 318 Å². The van der Waals surface area contributed by atoms with Crippen LogP contribution in [0.5, 0.6) is 0 Å². The first-order valence-electron chi connectivity index (χ1n) is 42.4. The molecule has 12 heteroatoms. The molecule has 9 rings (SSSR count). The number of hydrogen-bond donors (Lipinski definition) is 0. The van der Waals surface area contributed by atoms with Crippen molar-refractivity contribution < 1.29 is 0 Å². The molecule has 0 N–H and O–H groups in total. The first kappa shape index (κ1) is 134. The minimum Gasteiger partial charge on any atom is -0.167 e. The summed E-state index contributed by atoms with van der Waals surface area (Å²) < 4.78 is 0. The summed E-state index contributed by atoms with van der Waals surface area (Å²) in [5.74, 6) is 0. The van der Waals surface area contributed by atoms with Crippen LogP contribution in [0.4, 0.5) is 0 Å². The number of hydrogen-bond acceptors (Lipinski definition) is 12. The molecule has 9 aromatic rings. The zero-order valence-corrected chi connectivity index (χ0v) is 84.5. The van der Waals surface area contributed by atoms with Gasteiger partial charge >= 0.3 is 0 Å². The largest absolute Gasteiger partial charge is 0.167 e. The van der Waals surface area contributed by atoms with Crippen molar-refractivity contribution in [1.29, 1.82) is 0 Å². The van der Waals surface area contributed by atoms with Gasteiger partial charge in [0.25, 0.3) is 0 Å². The molecule has 0 amide bonds. The summed E-state index contributed by atoms with van der Waals surface area (Å²) in [5, 5.41) is 50.8. The number of benzene rings is 9. The fraction of sp³-hybridized carbons (Fsp3) is 0.434. The number of rotatable bonds is 6. The monoisotopic (exact) mass is 1620 g/mol. The second-order valence-corrected chi connectivity index (χ2v) is 25.2. The lowest BCUT2D eigenvalue weighted by Crippen LogP contribution is -1.81. The van der Waals surface area contributed by atoms with Gasteiger partial charge in [-0.1, -0.05) is 340 Å². The second kappa shape index (κ2) is 99.2. The molecule has 0 aliphatic heterocycles. The maximum absolute atomic E-state index is 3.83. The van der Waals surface area contributed by atoms with Gasteiger partial charge in [-0.05, 0) is 260 Å². The van der Waals surface area contributed by atoms with Crippen LogP contribution in [0.2, 0.25) is 0 Å². The Balaban J connectivity index is -0.000000103. The summed E-state index contributed by atoms with van der Waals surface area (Å²) in [6, 6.07) is 64.2. The third-order valence-corrected chi connectivity index (χ3v) is 12.7. The van der Waals surface area contributed by atoms with Gasteiger partial charge in [-0.25, -0.2) is 0 Å².